The van der Waals surface area contributed by atoms with Crippen molar-refractivity contribution in [1.82, 2.24) is 9.78 Å². The summed E-state index contributed by atoms with van der Waals surface area (Å²) in [6.07, 6.45) is 3.50. The molecule has 1 heterocycles. The Labute approximate surface area is 81.6 Å². The molecule has 0 saturated carbocycles. The lowest BCUT2D eigenvalue weighted by atomic mass is 10.1. The predicted molar refractivity (Wildman–Crippen MR) is 53.1 cm³/mol. The fraction of sp³-hybridized carbons (Fsp3) is 0.100. The SMILES string of the molecule is NCc1c(O)cccc1-n1cccn1. The third-order valence-electron chi connectivity index (χ3n) is 2.08. The largest absolute Gasteiger partial charge is 0.508 e. The van der Waals surface area contributed by atoms with E-state index in [1.807, 2.05) is 18.3 Å². The van der Waals surface area contributed by atoms with Crippen molar-refractivity contribution in [2.75, 3.05) is 0 Å². The minimum absolute atomic E-state index is 0.209. The number of phenols is 1. The molecule has 0 aliphatic heterocycles. The summed E-state index contributed by atoms with van der Waals surface area (Å²) in [7, 11) is 0. The summed E-state index contributed by atoms with van der Waals surface area (Å²) in [4.78, 5) is 0. The highest BCUT2D eigenvalue weighted by molar-refractivity contribution is 5.48. The lowest BCUT2D eigenvalue weighted by Crippen LogP contribution is -2.04. The second kappa shape index (κ2) is 3.51. The van der Waals surface area contributed by atoms with Crippen molar-refractivity contribution in [3.05, 3.63) is 42.2 Å². The van der Waals surface area contributed by atoms with Gasteiger partial charge in [-0.15, -0.1) is 0 Å². The highest BCUT2D eigenvalue weighted by Crippen LogP contribution is 2.22. The Balaban J connectivity index is 2.58. The van der Waals surface area contributed by atoms with Gasteiger partial charge >= 0.3 is 0 Å². The molecule has 0 amide bonds. The topological polar surface area (TPSA) is 64.1 Å². The Morgan fingerprint density at radius 2 is 2.21 bits per heavy atom. The van der Waals surface area contributed by atoms with Gasteiger partial charge in [-0.3, -0.25) is 0 Å². The number of aromatic hydroxyl groups is 1. The van der Waals surface area contributed by atoms with Crippen molar-refractivity contribution in [3.63, 3.8) is 0 Å². The Bertz CT molecular complexity index is 423. The fourth-order valence-electron chi connectivity index (χ4n) is 1.40. The van der Waals surface area contributed by atoms with E-state index < -0.39 is 0 Å². The molecule has 4 heteroatoms. The van der Waals surface area contributed by atoms with Crippen LogP contribution in [-0.4, -0.2) is 14.9 Å². The lowest BCUT2D eigenvalue weighted by molar-refractivity contribution is 0.467. The average Bonchev–Trinajstić information content (AvgIpc) is 2.70. The lowest BCUT2D eigenvalue weighted by Gasteiger charge is -2.08. The van der Waals surface area contributed by atoms with Gasteiger partial charge in [-0.05, 0) is 18.2 Å². The van der Waals surface area contributed by atoms with Gasteiger partial charge in [0.1, 0.15) is 5.75 Å². The molecule has 0 radical (unpaired) electrons. The molecule has 0 fully saturated rings. The first-order chi connectivity index (χ1) is 6.83. The van der Waals surface area contributed by atoms with Crippen LogP contribution in [0.1, 0.15) is 5.56 Å². The molecule has 1 aromatic heterocycles. The van der Waals surface area contributed by atoms with Crippen LogP contribution in [0.25, 0.3) is 5.69 Å². The van der Waals surface area contributed by atoms with Crippen LogP contribution in [0, 0.1) is 0 Å². The first-order valence-electron chi connectivity index (χ1n) is 4.34. The molecule has 0 spiro atoms. The summed E-state index contributed by atoms with van der Waals surface area (Å²) < 4.78 is 1.68. The molecule has 1 aromatic carbocycles. The Hall–Kier alpha value is -1.81. The average molecular weight is 189 g/mol. The molecule has 0 atom stereocenters. The van der Waals surface area contributed by atoms with E-state index in [0.29, 0.717) is 12.1 Å². The van der Waals surface area contributed by atoms with E-state index in [1.54, 1.807) is 23.0 Å². The molecule has 2 aromatic rings. The number of nitrogens with two attached hydrogens (primary N) is 1. The Kier molecular flexibility index (Phi) is 2.20. The Morgan fingerprint density at radius 3 is 2.86 bits per heavy atom. The van der Waals surface area contributed by atoms with Gasteiger partial charge in [-0.1, -0.05) is 6.07 Å². The molecule has 0 aliphatic carbocycles. The number of benzene rings is 1. The normalized spacial score (nSPS) is 10.4. The molecular weight excluding hydrogens is 178 g/mol. The Morgan fingerprint density at radius 1 is 1.36 bits per heavy atom. The van der Waals surface area contributed by atoms with Gasteiger partial charge in [0.15, 0.2) is 0 Å². The highest BCUT2D eigenvalue weighted by Gasteiger charge is 2.07. The molecule has 0 bridgehead atoms. The van der Waals surface area contributed by atoms with Gasteiger partial charge in [0.2, 0.25) is 0 Å². The van der Waals surface area contributed by atoms with Crippen molar-refractivity contribution >= 4 is 0 Å². The predicted octanol–water partition coefficient (Wildman–Crippen LogP) is 1.04. The van der Waals surface area contributed by atoms with E-state index in [9.17, 15) is 5.11 Å². The molecule has 0 aliphatic rings. The van der Waals surface area contributed by atoms with Crippen LogP contribution < -0.4 is 5.73 Å². The van der Waals surface area contributed by atoms with E-state index >= 15 is 0 Å². The maximum atomic E-state index is 9.57. The zero-order valence-electron chi connectivity index (χ0n) is 7.59. The number of rotatable bonds is 2. The smallest absolute Gasteiger partial charge is 0.122 e. The maximum Gasteiger partial charge on any atom is 0.122 e. The number of nitrogens with zero attached hydrogens (tertiary/aromatic N) is 2. The second-order valence-corrected chi connectivity index (χ2v) is 2.93. The fourth-order valence-corrected chi connectivity index (χ4v) is 1.40. The molecule has 0 unspecified atom stereocenters. The molecule has 0 saturated heterocycles. The van der Waals surface area contributed by atoms with Gasteiger partial charge in [0.25, 0.3) is 0 Å². The van der Waals surface area contributed by atoms with Crippen molar-refractivity contribution in [3.8, 4) is 11.4 Å². The van der Waals surface area contributed by atoms with Gasteiger partial charge in [-0.2, -0.15) is 5.10 Å². The van der Waals surface area contributed by atoms with Crippen LogP contribution in [0.4, 0.5) is 0 Å². The monoisotopic (exact) mass is 189 g/mol. The van der Waals surface area contributed by atoms with Crippen LogP contribution in [0.3, 0.4) is 0 Å². The number of aromatic nitrogens is 2. The van der Waals surface area contributed by atoms with E-state index in [-0.39, 0.29) is 5.75 Å². The number of phenolic OH excluding ortho intramolecular Hbond substituents is 1. The molecular formula is C10H11N3O. The van der Waals surface area contributed by atoms with E-state index in [2.05, 4.69) is 5.10 Å². The van der Waals surface area contributed by atoms with Crippen LogP contribution in [-0.2, 0) is 6.54 Å². The van der Waals surface area contributed by atoms with Gasteiger partial charge < -0.3 is 10.8 Å². The van der Waals surface area contributed by atoms with Crippen LogP contribution in [0.2, 0.25) is 0 Å². The van der Waals surface area contributed by atoms with Crippen molar-refractivity contribution < 1.29 is 5.11 Å². The minimum Gasteiger partial charge on any atom is -0.508 e. The van der Waals surface area contributed by atoms with Crippen LogP contribution >= 0.6 is 0 Å². The second-order valence-electron chi connectivity index (χ2n) is 2.93. The summed E-state index contributed by atoms with van der Waals surface area (Å²) in [5.74, 6) is 0.209. The van der Waals surface area contributed by atoms with Crippen molar-refractivity contribution in [2.24, 2.45) is 5.73 Å². The van der Waals surface area contributed by atoms with Gasteiger partial charge in [0, 0.05) is 24.5 Å². The molecule has 2 rings (SSSR count). The third-order valence-corrected chi connectivity index (χ3v) is 2.08. The number of hydrogen-bond donors (Lipinski definition) is 2. The van der Waals surface area contributed by atoms with E-state index in [0.717, 1.165) is 5.69 Å². The third kappa shape index (κ3) is 1.36. The van der Waals surface area contributed by atoms with Crippen LogP contribution in [0.5, 0.6) is 5.75 Å². The maximum absolute atomic E-state index is 9.57. The van der Waals surface area contributed by atoms with Crippen molar-refractivity contribution in [1.29, 1.82) is 0 Å². The molecule has 72 valence electrons. The summed E-state index contributed by atoms with van der Waals surface area (Å²) >= 11 is 0. The first-order valence-corrected chi connectivity index (χ1v) is 4.34. The summed E-state index contributed by atoms with van der Waals surface area (Å²) in [5, 5.41) is 13.7. The molecule has 4 nitrogen and oxygen atoms in total. The van der Waals surface area contributed by atoms with Crippen molar-refractivity contribution in [2.45, 2.75) is 6.54 Å². The van der Waals surface area contributed by atoms with Gasteiger partial charge in [-0.25, -0.2) is 4.68 Å². The molecule has 3 N–H and O–H groups in total. The van der Waals surface area contributed by atoms with E-state index in [4.69, 9.17) is 5.73 Å². The zero-order chi connectivity index (χ0) is 9.97. The standard InChI is InChI=1S/C10H11N3O/c11-7-8-9(3-1-4-10(8)14)13-6-2-5-12-13/h1-6,14H,7,11H2. The quantitative estimate of drug-likeness (QED) is 0.741. The first kappa shape index (κ1) is 8.77. The van der Waals surface area contributed by atoms with Crippen LogP contribution in [0.15, 0.2) is 36.7 Å². The zero-order valence-corrected chi connectivity index (χ0v) is 7.59. The van der Waals surface area contributed by atoms with E-state index in [1.165, 1.54) is 0 Å². The number of hydrogen-bond acceptors (Lipinski definition) is 3. The highest BCUT2D eigenvalue weighted by atomic mass is 16.3. The molecule has 14 heavy (non-hydrogen) atoms. The summed E-state index contributed by atoms with van der Waals surface area (Å²) in [6.45, 7) is 0.294. The van der Waals surface area contributed by atoms with Gasteiger partial charge in [0.05, 0.1) is 5.69 Å². The summed E-state index contributed by atoms with van der Waals surface area (Å²) in [6, 6.07) is 7.08. The summed E-state index contributed by atoms with van der Waals surface area (Å²) in [5.41, 5.74) is 7.08. The minimum atomic E-state index is 0.209.